The van der Waals surface area contributed by atoms with E-state index in [0.717, 1.165) is 13.0 Å². The van der Waals surface area contributed by atoms with Crippen LogP contribution in [-0.2, 0) is 6.54 Å². The summed E-state index contributed by atoms with van der Waals surface area (Å²) >= 11 is 3.27. The van der Waals surface area contributed by atoms with Crippen molar-refractivity contribution in [1.82, 2.24) is 9.78 Å². The lowest BCUT2D eigenvalue weighted by Crippen LogP contribution is -2.01. The van der Waals surface area contributed by atoms with Crippen LogP contribution in [0.25, 0.3) is 11.5 Å². The van der Waals surface area contributed by atoms with E-state index in [1.807, 2.05) is 23.0 Å². The average Bonchev–Trinajstić information content (AvgIpc) is 2.82. The number of hydrogen-bond acceptors (Lipinski definition) is 3. The SMILES string of the molecule is CC(C)CCn1cc(N)c(-c2ccc(Br)o2)n1. The van der Waals surface area contributed by atoms with Gasteiger partial charge >= 0.3 is 0 Å². The lowest BCUT2D eigenvalue weighted by atomic mass is 10.1. The van der Waals surface area contributed by atoms with E-state index in [1.165, 1.54) is 0 Å². The molecule has 2 N–H and O–H groups in total. The van der Waals surface area contributed by atoms with Gasteiger partial charge in [-0.05, 0) is 40.4 Å². The normalized spacial score (nSPS) is 11.3. The molecule has 0 atom stereocenters. The molecule has 2 rings (SSSR count). The summed E-state index contributed by atoms with van der Waals surface area (Å²) in [6.45, 7) is 5.26. The van der Waals surface area contributed by atoms with Crippen molar-refractivity contribution in [3.8, 4) is 11.5 Å². The van der Waals surface area contributed by atoms with Gasteiger partial charge < -0.3 is 10.2 Å². The zero-order valence-electron chi connectivity index (χ0n) is 9.98. The molecule has 0 aliphatic rings. The Hall–Kier alpha value is -1.23. The van der Waals surface area contributed by atoms with Crippen molar-refractivity contribution < 1.29 is 4.42 Å². The summed E-state index contributed by atoms with van der Waals surface area (Å²) < 4.78 is 8.01. The minimum Gasteiger partial charge on any atom is -0.448 e. The molecular weight excluding hydrogens is 282 g/mol. The van der Waals surface area contributed by atoms with E-state index in [4.69, 9.17) is 10.2 Å². The molecule has 0 spiro atoms. The van der Waals surface area contributed by atoms with E-state index < -0.39 is 0 Å². The molecule has 0 unspecified atom stereocenters. The topological polar surface area (TPSA) is 57.0 Å². The van der Waals surface area contributed by atoms with Crippen molar-refractivity contribution in [2.45, 2.75) is 26.8 Å². The zero-order chi connectivity index (χ0) is 12.4. The first kappa shape index (κ1) is 12.2. The molecule has 0 aliphatic carbocycles. The number of rotatable bonds is 4. The smallest absolute Gasteiger partial charge is 0.169 e. The summed E-state index contributed by atoms with van der Waals surface area (Å²) in [5, 5.41) is 4.44. The largest absolute Gasteiger partial charge is 0.448 e. The molecule has 0 aliphatic heterocycles. The van der Waals surface area contributed by atoms with Crippen LogP contribution in [0.5, 0.6) is 0 Å². The Morgan fingerprint density at radius 3 is 2.82 bits per heavy atom. The Morgan fingerprint density at radius 2 is 2.24 bits per heavy atom. The van der Waals surface area contributed by atoms with Gasteiger partial charge in [-0.3, -0.25) is 4.68 Å². The second-order valence-corrected chi connectivity index (χ2v) is 5.26. The molecule has 0 fully saturated rings. The quantitative estimate of drug-likeness (QED) is 0.939. The number of anilines is 1. The third-order valence-electron chi connectivity index (χ3n) is 2.53. The maximum atomic E-state index is 5.93. The first-order chi connectivity index (χ1) is 8.06. The lowest BCUT2D eigenvalue weighted by Gasteiger charge is -2.03. The number of furan rings is 1. The number of nitrogen functional groups attached to an aromatic ring is 1. The highest BCUT2D eigenvalue weighted by Gasteiger charge is 2.12. The van der Waals surface area contributed by atoms with Gasteiger partial charge in [-0.1, -0.05) is 13.8 Å². The second kappa shape index (κ2) is 4.96. The Labute approximate surface area is 109 Å². The third kappa shape index (κ3) is 2.91. The predicted molar refractivity (Wildman–Crippen MR) is 71.5 cm³/mol. The van der Waals surface area contributed by atoms with Crippen molar-refractivity contribution in [3.63, 3.8) is 0 Å². The second-order valence-electron chi connectivity index (χ2n) is 4.48. The highest BCUT2D eigenvalue weighted by molar-refractivity contribution is 9.10. The van der Waals surface area contributed by atoms with Gasteiger partial charge in [-0.2, -0.15) is 5.10 Å². The summed E-state index contributed by atoms with van der Waals surface area (Å²) in [7, 11) is 0. The summed E-state index contributed by atoms with van der Waals surface area (Å²) in [4.78, 5) is 0. The van der Waals surface area contributed by atoms with Crippen LogP contribution in [0.15, 0.2) is 27.4 Å². The molecule has 17 heavy (non-hydrogen) atoms. The van der Waals surface area contributed by atoms with Gasteiger partial charge in [-0.15, -0.1) is 0 Å². The molecule has 0 radical (unpaired) electrons. The zero-order valence-corrected chi connectivity index (χ0v) is 11.6. The number of nitrogens with zero attached hydrogens (tertiary/aromatic N) is 2. The Kier molecular flexibility index (Phi) is 3.57. The van der Waals surface area contributed by atoms with E-state index in [2.05, 4.69) is 34.9 Å². The van der Waals surface area contributed by atoms with Crippen molar-refractivity contribution in [2.75, 3.05) is 5.73 Å². The molecule has 2 aromatic heterocycles. The number of hydrogen-bond donors (Lipinski definition) is 1. The Balaban J connectivity index is 2.19. The van der Waals surface area contributed by atoms with Crippen molar-refractivity contribution in [1.29, 1.82) is 0 Å². The summed E-state index contributed by atoms with van der Waals surface area (Å²) in [6.07, 6.45) is 2.94. The van der Waals surface area contributed by atoms with Crippen LogP contribution in [-0.4, -0.2) is 9.78 Å². The van der Waals surface area contributed by atoms with Crippen molar-refractivity contribution >= 4 is 21.6 Å². The Bertz CT molecular complexity index is 502. The molecule has 0 saturated heterocycles. The van der Waals surface area contributed by atoms with Gasteiger partial charge in [0.25, 0.3) is 0 Å². The minimum absolute atomic E-state index is 0.649. The molecule has 0 bridgehead atoms. The molecular formula is C12H16BrN3O. The van der Waals surface area contributed by atoms with E-state index in [0.29, 0.717) is 27.7 Å². The van der Waals surface area contributed by atoms with Gasteiger partial charge in [0.15, 0.2) is 16.1 Å². The summed E-state index contributed by atoms with van der Waals surface area (Å²) in [5.74, 6) is 1.35. The number of nitrogens with two attached hydrogens (primary N) is 1. The monoisotopic (exact) mass is 297 g/mol. The fraction of sp³-hybridized carbons (Fsp3) is 0.417. The van der Waals surface area contributed by atoms with Gasteiger partial charge in [0.2, 0.25) is 0 Å². The fourth-order valence-corrected chi connectivity index (χ4v) is 1.88. The van der Waals surface area contributed by atoms with Crippen molar-refractivity contribution in [2.24, 2.45) is 5.92 Å². The molecule has 5 heteroatoms. The van der Waals surface area contributed by atoms with Crippen LogP contribution in [0, 0.1) is 5.92 Å². The van der Waals surface area contributed by atoms with E-state index in [1.54, 1.807) is 0 Å². The number of halogens is 1. The van der Waals surface area contributed by atoms with Gasteiger partial charge in [0.05, 0.1) is 5.69 Å². The van der Waals surface area contributed by atoms with Crippen LogP contribution in [0.4, 0.5) is 5.69 Å². The lowest BCUT2D eigenvalue weighted by molar-refractivity contribution is 0.486. The summed E-state index contributed by atoms with van der Waals surface area (Å²) in [5.41, 5.74) is 7.29. The molecule has 92 valence electrons. The molecule has 2 aromatic rings. The summed E-state index contributed by atoms with van der Waals surface area (Å²) in [6, 6.07) is 3.69. The van der Waals surface area contributed by atoms with Crippen molar-refractivity contribution in [3.05, 3.63) is 23.0 Å². The maximum Gasteiger partial charge on any atom is 0.169 e. The molecule has 2 heterocycles. The van der Waals surface area contributed by atoms with E-state index >= 15 is 0 Å². The van der Waals surface area contributed by atoms with Crippen LogP contribution >= 0.6 is 15.9 Å². The molecule has 0 saturated carbocycles. The van der Waals surface area contributed by atoms with Gasteiger partial charge in [0.1, 0.15) is 0 Å². The highest BCUT2D eigenvalue weighted by atomic mass is 79.9. The molecule has 0 aromatic carbocycles. The standard InChI is InChI=1S/C12H16BrN3O/c1-8(2)5-6-16-7-9(14)12(15-16)10-3-4-11(13)17-10/h3-4,7-8H,5-6,14H2,1-2H3. The number of aryl methyl sites for hydroxylation is 1. The van der Waals surface area contributed by atoms with Crippen LogP contribution in [0.3, 0.4) is 0 Å². The predicted octanol–water partition coefficient (Wildman–Crippen LogP) is 3.53. The van der Waals surface area contributed by atoms with E-state index in [-0.39, 0.29) is 0 Å². The third-order valence-corrected chi connectivity index (χ3v) is 2.96. The molecule has 4 nitrogen and oxygen atoms in total. The average molecular weight is 298 g/mol. The minimum atomic E-state index is 0.649. The maximum absolute atomic E-state index is 5.93. The number of aromatic nitrogens is 2. The fourth-order valence-electron chi connectivity index (χ4n) is 1.57. The van der Waals surface area contributed by atoms with Crippen LogP contribution in [0.2, 0.25) is 0 Å². The first-order valence-electron chi connectivity index (χ1n) is 5.65. The highest BCUT2D eigenvalue weighted by Crippen LogP contribution is 2.28. The van der Waals surface area contributed by atoms with Gasteiger partial charge in [-0.25, -0.2) is 0 Å². The van der Waals surface area contributed by atoms with Gasteiger partial charge in [0, 0.05) is 12.7 Å². The first-order valence-corrected chi connectivity index (χ1v) is 6.44. The van der Waals surface area contributed by atoms with Crippen LogP contribution < -0.4 is 5.73 Å². The van der Waals surface area contributed by atoms with E-state index in [9.17, 15) is 0 Å². The Morgan fingerprint density at radius 1 is 1.47 bits per heavy atom. The van der Waals surface area contributed by atoms with Crippen LogP contribution in [0.1, 0.15) is 20.3 Å². The molecule has 0 amide bonds.